The number of halogens is 5. The van der Waals surface area contributed by atoms with E-state index in [1.807, 2.05) is 0 Å². The van der Waals surface area contributed by atoms with Crippen LogP contribution >= 0.6 is 22.9 Å². The van der Waals surface area contributed by atoms with Crippen LogP contribution in [0.5, 0.6) is 5.75 Å². The molecule has 226 valence electrons. The third-order valence-electron chi connectivity index (χ3n) is 5.78. The average Bonchev–Trinajstić information content (AvgIpc) is 3.30. The van der Waals surface area contributed by atoms with Gasteiger partial charge in [-0.05, 0) is 29.7 Å². The number of carbonyl (C=O) groups excluding carboxylic acids is 3. The van der Waals surface area contributed by atoms with Crippen LogP contribution in [0.15, 0.2) is 30.3 Å². The van der Waals surface area contributed by atoms with Crippen molar-refractivity contribution < 1.29 is 41.4 Å². The van der Waals surface area contributed by atoms with Crippen molar-refractivity contribution in [2.24, 2.45) is 5.41 Å². The van der Waals surface area contributed by atoms with Gasteiger partial charge >= 0.3 is 6.61 Å². The molecule has 0 radical (unpaired) electrons. The third kappa shape index (κ3) is 9.83. The molecule has 15 heteroatoms. The zero-order valence-electron chi connectivity index (χ0n) is 22.6. The minimum atomic E-state index is -3.26. The van der Waals surface area contributed by atoms with Gasteiger partial charge in [0.2, 0.25) is 5.91 Å². The van der Waals surface area contributed by atoms with Crippen molar-refractivity contribution in [3.8, 4) is 5.75 Å². The number of nitrogens with zero attached hydrogens (tertiary/aromatic N) is 2. The lowest BCUT2D eigenvalue weighted by Gasteiger charge is -2.35. The van der Waals surface area contributed by atoms with Gasteiger partial charge in [-0.25, -0.2) is 8.78 Å². The lowest BCUT2D eigenvalue weighted by atomic mass is 9.95. The number of amides is 3. The highest BCUT2D eigenvalue weighted by atomic mass is 35.5. The van der Waals surface area contributed by atoms with Gasteiger partial charge in [0.15, 0.2) is 5.75 Å². The Hall–Kier alpha value is -2.94. The van der Waals surface area contributed by atoms with Crippen LogP contribution in [0.25, 0.3) is 0 Å². The number of rotatable bonds is 12. The van der Waals surface area contributed by atoms with E-state index in [1.54, 1.807) is 20.8 Å². The lowest BCUT2D eigenvalue weighted by Crippen LogP contribution is -2.54. The van der Waals surface area contributed by atoms with E-state index >= 15 is 0 Å². The molecule has 9 nitrogen and oxygen atoms in total. The molecule has 1 fully saturated rings. The summed E-state index contributed by atoms with van der Waals surface area (Å²) in [4.78, 5) is 41.3. The van der Waals surface area contributed by atoms with Gasteiger partial charge in [0.25, 0.3) is 18.2 Å². The summed E-state index contributed by atoms with van der Waals surface area (Å²) in [6, 6.07) is 5.57. The molecule has 1 aromatic carbocycles. The Kier molecular flexibility index (Phi) is 11.4. The van der Waals surface area contributed by atoms with Gasteiger partial charge in [0.1, 0.15) is 12.6 Å². The second-order valence-corrected chi connectivity index (χ2v) is 12.1. The fourth-order valence-electron chi connectivity index (χ4n) is 4.17. The number of hydrogen-bond donors (Lipinski definition) is 2. The van der Waals surface area contributed by atoms with Crippen LogP contribution in [0, 0.1) is 5.41 Å². The molecule has 0 aliphatic carbocycles. The summed E-state index contributed by atoms with van der Waals surface area (Å²) in [5.74, 6) is -2.22. The Balaban J connectivity index is 1.91. The zero-order chi connectivity index (χ0) is 30.3. The number of morpholine rings is 1. The maximum absolute atomic E-state index is 13.6. The lowest BCUT2D eigenvalue weighted by molar-refractivity contribution is -0.125. The summed E-state index contributed by atoms with van der Waals surface area (Å²) in [6.07, 6.45) is -2.80. The van der Waals surface area contributed by atoms with Crippen molar-refractivity contribution in [2.75, 3.05) is 49.6 Å². The van der Waals surface area contributed by atoms with Crippen LogP contribution in [0.3, 0.4) is 0 Å². The third-order valence-corrected chi connectivity index (χ3v) is 7.01. The molecule has 3 rings (SSSR count). The van der Waals surface area contributed by atoms with Crippen LogP contribution in [0.4, 0.5) is 28.9 Å². The number of thiophene rings is 1. The summed E-state index contributed by atoms with van der Waals surface area (Å²) in [5, 5.41) is 5.06. The quantitative estimate of drug-likeness (QED) is 0.333. The highest BCUT2D eigenvalue weighted by Gasteiger charge is 2.33. The van der Waals surface area contributed by atoms with Gasteiger partial charge in [-0.3, -0.25) is 19.3 Å². The van der Waals surface area contributed by atoms with Gasteiger partial charge < -0.3 is 25.0 Å². The molecule has 0 spiro atoms. The van der Waals surface area contributed by atoms with Crippen LogP contribution in [0.2, 0.25) is 4.34 Å². The minimum absolute atomic E-state index is 0.0502. The van der Waals surface area contributed by atoms with Crippen LogP contribution in [-0.2, 0) is 14.3 Å². The fourth-order valence-corrected chi connectivity index (χ4v) is 5.13. The van der Waals surface area contributed by atoms with Crippen molar-refractivity contribution in [1.82, 2.24) is 10.2 Å². The first-order valence-electron chi connectivity index (χ1n) is 12.6. The van der Waals surface area contributed by atoms with E-state index in [4.69, 9.17) is 16.3 Å². The van der Waals surface area contributed by atoms with Gasteiger partial charge in [-0.2, -0.15) is 8.78 Å². The molecule has 0 saturated carbocycles. The number of anilines is 2. The molecule has 1 aromatic heterocycles. The molecule has 1 aliphatic heterocycles. The summed E-state index contributed by atoms with van der Waals surface area (Å²) < 4.78 is 63.9. The standard InChI is InChI=1S/C26H31ClF4N4O5S/c1-26(2,3)14-34(12-21(28)29)17(11-32-24(38)19-6-7-20(27)41-19)23(37)33-16-5-4-15(10-18(16)40-25(30)31)35-8-9-39-13-22(35)36/h4-7,10,17,21,25H,8-9,11-14H2,1-3H3,(H,32,38)(H,33,37)/t17-/m0/s1. The molecule has 0 bridgehead atoms. The Morgan fingerprint density at radius 1 is 1.20 bits per heavy atom. The van der Waals surface area contributed by atoms with Crippen LogP contribution in [0.1, 0.15) is 30.4 Å². The fraction of sp³-hybridized carbons (Fsp3) is 0.500. The zero-order valence-corrected chi connectivity index (χ0v) is 24.2. The first-order chi connectivity index (χ1) is 19.2. The second kappa shape index (κ2) is 14.3. The van der Waals surface area contributed by atoms with Crippen LogP contribution in [-0.4, -0.2) is 81.1 Å². The minimum Gasteiger partial charge on any atom is -0.433 e. The summed E-state index contributed by atoms with van der Waals surface area (Å²) in [7, 11) is 0. The maximum atomic E-state index is 13.6. The normalized spacial score (nSPS) is 15.0. The molecular weight excluding hydrogens is 592 g/mol. The highest BCUT2D eigenvalue weighted by Crippen LogP contribution is 2.32. The van der Waals surface area contributed by atoms with Crippen molar-refractivity contribution >= 4 is 52.0 Å². The Morgan fingerprint density at radius 2 is 1.93 bits per heavy atom. The van der Waals surface area contributed by atoms with Gasteiger partial charge in [0.05, 0.1) is 28.1 Å². The van der Waals surface area contributed by atoms with Crippen molar-refractivity contribution in [1.29, 1.82) is 0 Å². The second-order valence-electron chi connectivity index (χ2n) is 10.4. The van der Waals surface area contributed by atoms with E-state index in [1.165, 1.54) is 40.1 Å². The number of ether oxygens (including phenoxy) is 2. The number of benzene rings is 1. The Morgan fingerprint density at radius 3 is 2.51 bits per heavy atom. The van der Waals surface area contributed by atoms with E-state index < -0.39 is 48.6 Å². The molecular formula is C26H31ClF4N4O5S. The number of carbonyl (C=O) groups is 3. The molecule has 2 N–H and O–H groups in total. The average molecular weight is 623 g/mol. The topological polar surface area (TPSA) is 100 Å². The number of hydrogen-bond acceptors (Lipinski definition) is 7. The maximum Gasteiger partial charge on any atom is 0.387 e. The van der Waals surface area contributed by atoms with E-state index in [-0.39, 0.29) is 55.0 Å². The summed E-state index contributed by atoms with van der Waals surface area (Å²) in [5.41, 5.74) is -0.444. The molecule has 1 saturated heterocycles. The van der Waals surface area contributed by atoms with Gasteiger partial charge in [-0.15, -0.1) is 11.3 Å². The molecule has 2 aromatic rings. The molecule has 1 aliphatic rings. The SMILES string of the molecule is CC(C)(C)CN(CC(F)F)[C@@H](CNC(=O)c1ccc(Cl)s1)C(=O)Nc1ccc(N2CCOCC2=O)cc1OC(F)F. The van der Waals surface area contributed by atoms with Crippen molar-refractivity contribution in [3.05, 3.63) is 39.5 Å². The number of alkyl halides is 4. The molecule has 0 unspecified atom stereocenters. The summed E-state index contributed by atoms with van der Waals surface area (Å²) in [6.45, 7) is 1.29. The van der Waals surface area contributed by atoms with Crippen molar-refractivity contribution in [2.45, 2.75) is 39.9 Å². The Bertz CT molecular complexity index is 1230. The smallest absolute Gasteiger partial charge is 0.387 e. The van der Waals surface area contributed by atoms with E-state index in [2.05, 4.69) is 15.4 Å². The van der Waals surface area contributed by atoms with Gasteiger partial charge in [0, 0.05) is 31.4 Å². The van der Waals surface area contributed by atoms with E-state index in [9.17, 15) is 31.9 Å². The molecule has 41 heavy (non-hydrogen) atoms. The molecule has 3 amide bonds. The predicted octanol–water partition coefficient (Wildman–Crippen LogP) is 4.72. The predicted molar refractivity (Wildman–Crippen MR) is 147 cm³/mol. The Labute approximate surface area is 243 Å². The summed E-state index contributed by atoms with van der Waals surface area (Å²) >= 11 is 6.90. The van der Waals surface area contributed by atoms with E-state index in [0.29, 0.717) is 4.34 Å². The van der Waals surface area contributed by atoms with E-state index in [0.717, 1.165) is 11.3 Å². The number of nitrogens with one attached hydrogen (secondary N) is 2. The molecule has 1 atom stereocenters. The van der Waals surface area contributed by atoms with Crippen molar-refractivity contribution in [3.63, 3.8) is 0 Å². The highest BCUT2D eigenvalue weighted by molar-refractivity contribution is 7.18. The van der Waals surface area contributed by atoms with Gasteiger partial charge in [-0.1, -0.05) is 32.4 Å². The first kappa shape index (κ1) is 32.6. The van der Waals surface area contributed by atoms with Crippen LogP contribution < -0.4 is 20.3 Å². The first-order valence-corrected chi connectivity index (χ1v) is 13.8. The largest absolute Gasteiger partial charge is 0.433 e. The monoisotopic (exact) mass is 622 g/mol. The molecule has 2 heterocycles.